The summed E-state index contributed by atoms with van der Waals surface area (Å²) < 4.78 is 0. The molecule has 0 unspecified atom stereocenters. The highest BCUT2D eigenvalue weighted by molar-refractivity contribution is 6.22. The zero-order valence-electron chi connectivity index (χ0n) is 34.8. The van der Waals surface area contributed by atoms with Crippen molar-refractivity contribution in [3.8, 4) is 66.8 Å². The Kier molecular flexibility index (Phi) is 9.97. The lowest BCUT2D eigenvalue weighted by molar-refractivity contribution is 1.28. The van der Waals surface area contributed by atoms with E-state index >= 15 is 0 Å². The Morgan fingerprint density at radius 3 is 1.29 bits per heavy atom. The van der Waals surface area contributed by atoms with Gasteiger partial charge in [0.1, 0.15) is 0 Å². The number of anilines is 3. The summed E-state index contributed by atoms with van der Waals surface area (Å²) in [6.45, 7) is 0. The third-order valence-electron chi connectivity index (χ3n) is 12.2. The molecule has 0 amide bonds. The molecule has 1 nitrogen and oxygen atoms in total. The van der Waals surface area contributed by atoms with Gasteiger partial charge in [-0.25, -0.2) is 0 Å². The molecular formula is C62H43N. The Labute approximate surface area is 369 Å². The van der Waals surface area contributed by atoms with Crippen molar-refractivity contribution in [3.05, 3.63) is 261 Å². The Hall–Kier alpha value is -8.26. The van der Waals surface area contributed by atoms with Crippen molar-refractivity contribution in [2.45, 2.75) is 0 Å². The van der Waals surface area contributed by atoms with E-state index < -0.39 is 0 Å². The molecule has 0 radical (unpaired) electrons. The molecular weight excluding hydrogens is 759 g/mol. The zero-order chi connectivity index (χ0) is 42.0. The molecule has 0 fully saturated rings. The van der Waals surface area contributed by atoms with Crippen LogP contribution in [0.5, 0.6) is 0 Å². The van der Waals surface area contributed by atoms with Crippen LogP contribution in [0.15, 0.2) is 261 Å². The van der Waals surface area contributed by atoms with Crippen LogP contribution in [0.25, 0.3) is 88.3 Å². The van der Waals surface area contributed by atoms with Crippen LogP contribution in [-0.4, -0.2) is 0 Å². The molecule has 0 aliphatic heterocycles. The molecule has 0 atom stereocenters. The highest BCUT2D eigenvalue weighted by Crippen LogP contribution is 2.49. The largest absolute Gasteiger partial charge is 0.309 e. The van der Waals surface area contributed by atoms with Crippen molar-refractivity contribution in [3.63, 3.8) is 0 Å². The zero-order valence-corrected chi connectivity index (χ0v) is 34.8. The van der Waals surface area contributed by atoms with Gasteiger partial charge in [-0.2, -0.15) is 0 Å². The number of benzene rings is 11. The van der Waals surface area contributed by atoms with Crippen LogP contribution in [0.4, 0.5) is 17.1 Å². The topological polar surface area (TPSA) is 3.24 Å². The van der Waals surface area contributed by atoms with E-state index in [1.54, 1.807) is 0 Å². The van der Waals surface area contributed by atoms with Crippen molar-refractivity contribution in [2.75, 3.05) is 4.90 Å². The van der Waals surface area contributed by atoms with Crippen LogP contribution in [-0.2, 0) is 0 Å². The van der Waals surface area contributed by atoms with E-state index in [1.807, 2.05) is 0 Å². The summed E-state index contributed by atoms with van der Waals surface area (Å²) >= 11 is 0. The number of rotatable bonds is 9. The summed E-state index contributed by atoms with van der Waals surface area (Å²) in [5.74, 6) is 0. The van der Waals surface area contributed by atoms with Crippen molar-refractivity contribution in [2.24, 2.45) is 0 Å². The van der Waals surface area contributed by atoms with E-state index in [2.05, 4.69) is 266 Å². The second kappa shape index (κ2) is 16.7. The third-order valence-corrected chi connectivity index (χ3v) is 12.2. The first-order valence-electron chi connectivity index (χ1n) is 21.7. The van der Waals surface area contributed by atoms with Crippen LogP contribution in [0.2, 0.25) is 0 Å². The molecule has 0 heterocycles. The minimum Gasteiger partial charge on any atom is -0.309 e. The highest BCUT2D eigenvalue weighted by atomic mass is 15.1. The Bertz CT molecular complexity index is 3360. The Morgan fingerprint density at radius 2 is 0.651 bits per heavy atom. The van der Waals surface area contributed by atoms with Crippen molar-refractivity contribution >= 4 is 38.6 Å². The molecule has 0 aliphatic carbocycles. The van der Waals surface area contributed by atoms with Crippen molar-refractivity contribution in [1.29, 1.82) is 0 Å². The van der Waals surface area contributed by atoms with E-state index in [0.717, 1.165) is 44.9 Å². The fourth-order valence-corrected chi connectivity index (χ4v) is 9.33. The second-order valence-electron chi connectivity index (χ2n) is 16.0. The fourth-order valence-electron chi connectivity index (χ4n) is 9.33. The molecule has 63 heavy (non-hydrogen) atoms. The minimum atomic E-state index is 1.08. The molecule has 0 N–H and O–H groups in total. The maximum Gasteiger partial charge on any atom is 0.0540 e. The fraction of sp³-hybridized carbons (Fsp3) is 0. The Balaban J connectivity index is 1.19. The molecule has 0 saturated heterocycles. The lowest BCUT2D eigenvalue weighted by Crippen LogP contribution is -2.12. The average molecular weight is 802 g/mol. The van der Waals surface area contributed by atoms with Gasteiger partial charge in [0.2, 0.25) is 0 Å². The van der Waals surface area contributed by atoms with Crippen LogP contribution in [0.1, 0.15) is 0 Å². The van der Waals surface area contributed by atoms with E-state index in [9.17, 15) is 0 Å². The molecule has 0 bridgehead atoms. The van der Waals surface area contributed by atoms with Gasteiger partial charge in [0.15, 0.2) is 0 Å². The predicted octanol–water partition coefficient (Wildman–Crippen LogP) is 17.5. The number of hydrogen-bond donors (Lipinski definition) is 0. The monoisotopic (exact) mass is 801 g/mol. The van der Waals surface area contributed by atoms with Crippen molar-refractivity contribution < 1.29 is 0 Å². The maximum atomic E-state index is 2.47. The lowest BCUT2D eigenvalue weighted by Gasteiger charge is -2.31. The molecule has 11 aromatic carbocycles. The summed E-state index contributed by atoms with van der Waals surface area (Å²) in [5, 5.41) is 4.96. The van der Waals surface area contributed by atoms with Gasteiger partial charge in [0.05, 0.1) is 11.4 Å². The first-order valence-corrected chi connectivity index (χ1v) is 21.7. The summed E-state index contributed by atoms with van der Waals surface area (Å²) in [5.41, 5.74) is 17.5. The predicted molar refractivity (Wildman–Crippen MR) is 269 cm³/mol. The van der Waals surface area contributed by atoms with Gasteiger partial charge >= 0.3 is 0 Å². The van der Waals surface area contributed by atoms with Gasteiger partial charge in [0.25, 0.3) is 0 Å². The molecule has 11 rings (SSSR count). The number of hydrogen-bond acceptors (Lipinski definition) is 1. The molecule has 11 aromatic rings. The molecule has 0 aromatic heterocycles. The minimum absolute atomic E-state index is 1.08. The van der Waals surface area contributed by atoms with E-state index in [-0.39, 0.29) is 0 Å². The van der Waals surface area contributed by atoms with Crippen LogP contribution < -0.4 is 4.90 Å². The normalized spacial score (nSPS) is 11.2. The molecule has 0 spiro atoms. The maximum absolute atomic E-state index is 2.47. The van der Waals surface area contributed by atoms with Crippen LogP contribution in [0, 0.1) is 0 Å². The SMILES string of the molecule is c1ccc(-c2cccc(N(c3ccccc3-c3ccc4c(c3)c(-c3ccccc3)c(-c3ccccc3)c3ccccc34)c3ccc(-c4ccccc4)cc3-c3ccccc3)c2)cc1. The van der Waals surface area contributed by atoms with Gasteiger partial charge in [-0.05, 0) is 114 Å². The molecule has 0 saturated carbocycles. The number of nitrogens with zero attached hydrogens (tertiary/aromatic N) is 1. The summed E-state index contributed by atoms with van der Waals surface area (Å²) in [6.07, 6.45) is 0. The summed E-state index contributed by atoms with van der Waals surface area (Å²) in [7, 11) is 0. The lowest BCUT2D eigenvalue weighted by atomic mass is 9.84. The first kappa shape index (κ1) is 37.7. The first-order chi connectivity index (χ1) is 31.3. The molecule has 296 valence electrons. The standard InChI is InChI=1S/C62H43N/c1-6-21-44(22-7-1)49-31-20-32-52(41-49)63(60-40-38-50(45-23-8-2-9-24-45)42-57(60)46-25-10-3-11-26-46)59-36-19-18-33-53(59)51-37-39-55-54-34-16-17-35-56(54)61(47-27-12-4-13-28-47)62(58(55)43-51)48-29-14-5-15-30-48/h1-43H. The van der Waals surface area contributed by atoms with E-state index in [1.165, 1.54) is 60.5 Å². The molecule has 1 heteroatoms. The Morgan fingerprint density at radius 1 is 0.206 bits per heavy atom. The average Bonchev–Trinajstić information content (AvgIpc) is 3.37. The van der Waals surface area contributed by atoms with Gasteiger partial charge in [-0.15, -0.1) is 0 Å². The summed E-state index contributed by atoms with van der Waals surface area (Å²) in [6, 6.07) is 94.8. The molecule has 0 aliphatic rings. The smallest absolute Gasteiger partial charge is 0.0540 e. The van der Waals surface area contributed by atoms with Gasteiger partial charge in [0, 0.05) is 16.8 Å². The van der Waals surface area contributed by atoms with Gasteiger partial charge in [-0.3, -0.25) is 0 Å². The third kappa shape index (κ3) is 7.16. The van der Waals surface area contributed by atoms with Crippen molar-refractivity contribution in [1.82, 2.24) is 0 Å². The quantitative estimate of drug-likeness (QED) is 0.131. The highest BCUT2D eigenvalue weighted by Gasteiger charge is 2.23. The van der Waals surface area contributed by atoms with Gasteiger partial charge < -0.3 is 4.90 Å². The van der Waals surface area contributed by atoms with Gasteiger partial charge in [-0.1, -0.05) is 224 Å². The summed E-state index contributed by atoms with van der Waals surface area (Å²) in [4.78, 5) is 2.47. The van der Waals surface area contributed by atoms with Crippen LogP contribution >= 0.6 is 0 Å². The van der Waals surface area contributed by atoms with E-state index in [0.29, 0.717) is 0 Å². The number of para-hydroxylation sites is 1. The van der Waals surface area contributed by atoms with Crippen LogP contribution in [0.3, 0.4) is 0 Å². The number of fused-ring (bicyclic) bond motifs is 3. The second-order valence-corrected chi connectivity index (χ2v) is 16.0. The van der Waals surface area contributed by atoms with E-state index in [4.69, 9.17) is 0 Å².